The van der Waals surface area contributed by atoms with Gasteiger partial charge in [0, 0.05) is 22.8 Å². The largest absolute Gasteiger partial charge is 0.497 e. The summed E-state index contributed by atoms with van der Waals surface area (Å²) in [6, 6.07) is 7.61. The highest BCUT2D eigenvalue weighted by Crippen LogP contribution is 2.24. The number of hydrogen-bond acceptors (Lipinski definition) is 4. The molecule has 0 atom stereocenters. The van der Waals surface area contributed by atoms with Crippen molar-refractivity contribution in [2.24, 2.45) is 0 Å². The summed E-state index contributed by atoms with van der Waals surface area (Å²) in [4.78, 5) is 4.05. The Morgan fingerprint density at radius 2 is 2.16 bits per heavy atom. The first-order valence-corrected chi connectivity index (χ1v) is 6.64. The van der Waals surface area contributed by atoms with Crippen LogP contribution in [-0.2, 0) is 13.2 Å². The normalized spacial score (nSPS) is 10.3. The van der Waals surface area contributed by atoms with Gasteiger partial charge in [0.15, 0.2) is 0 Å². The first kappa shape index (κ1) is 13.8. The molecule has 1 aromatic heterocycles. The number of nitrogens with one attached hydrogen (secondary N) is 1. The van der Waals surface area contributed by atoms with Gasteiger partial charge >= 0.3 is 0 Å². The molecule has 0 bridgehead atoms. The molecular formula is C14H15BrN2O2. The number of rotatable bonds is 5. The van der Waals surface area contributed by atoms with Crippen LogP contribution in [0, 0.1) is 0 Å². The smallest absolute Gasteiger partial charge is 0.119 e. The summed E-state index contributed by atoms with van der Waals surface area (Å²) in [5.74, 6) is 0.813. The molecule has 0 saturated heterocycles. The van der Waals surface area contributed by atoms with Gasteiger partial charge in [-0.2, -0.15) is 0 Å². The van der Waals surface area contributed by atoms with Crippen molar-refractivity contribution in [3.05, 3.63) is 52.3 Å². The Balaban J connectivity index is 2.14. The molecule has 2 N–H and O–H groups in total. The minimum absolute atomic E-state index is 0.00979. The van der Waals surface area contributed by atoms with Gasteiger partial charge in [-0.1, -0.05) is 15.9 Å². The second-order valence-corrected chi connectivity index (χ2v) is 4.86. The zero-order valence-corrected chi connectivity index (χ0v) is 12.1. The van der Waals surface area contributed by atoms with Crippen LogP contribution >= 0.6 is 15.9 Å². The van der Waals surface area contributed by atoms with Gasteiger partial charge in [-0.15, -0.1) is 0 Å². The predicted octanol–water partition coefficient (Wildman–Crippen LogP) is 2.96. The van der Waals surface area contributed by atoms with Gasteiger partial charge in [-0.05, 0) is 29.8 Å². The minimum atomic E-state index is -0.00979. The first-order valence-electron chi connectivity index (χ1n) is 5.84. The average molecular weight is 323 g/mol. The van der Waals surface area contributed by atoms with Crippen LogP contribution in [0.5, 0.6) is 5.75 Å². The summed E-state index contributed by atoms with van der Waals surface area (Å²) < 4.78 is 6.22. The fourth-order valence-corrected chi connectivity index (χ4v) is 2.11. The van der Waals surface area contributed by atoms with Crippen LogP contribution in [-0.4, -0.2) is 17.2 Å². The lowest BCUT2D eigenvalue weighted by atomic mass is 10.2. The van der Waals surface area contributed by atoms with E-state index in [0.29, 0.717) is 6.54 Å². The lowest BCUT2D eigenvalue weighted by Crippen LogP contribution is -2.04. The Kier molecular flexibility index (Phi) is 4.76. The van der Waals surface area contributed by atoms with Crippen molar-refractivity contribution in [3.8, 4) is 5.75 Å². The molecule has 2 aromatic rings. The Labute approximate surface area is 120 Å². The van der Waals surface area contributed by atoms with E-state index in [4.69, 9.17) is 4.74 Å². The maximum atomic E-state index is 9.26. The van der Waals surface area contributed by atoms with Crippen molar-refractivity contribution in [2.45, 2.75) is 13.2 Å². The van der Waals surface area contributed by atoms with Gasteiger partial charge in [0.2, 0.25) is 0 Å². The molecular weight excluding hydrogens is 308 g/mol. The van der Waals surface area contributed by atoms with Crippen LogP contribution in [0.15, 0.2) is 41.1 Å². The highest BCUT2D eigenvalue weighted by molar-refractivity contribution is 9.10. The zero-order chi connectivity index (χ0) is 13.7. The topological polar surface area (TPSA) is 54.4 Å². The standard InChI is InChI=1S/C14H15BrN2O2/c1-19-12-2-3-13(15)11(6-12)7-17-14-8-16-5-4-10(14)9-18/h2-6,8,17-18H,7,9H2,1H3. The van der Waals surface area contributed by atoms with E-state index < -0.39 is 0 Å². The summed E-state index contributed by atoms with van der Waals surface area (Å²) in [5, 5.41) is 12.5. The second-order valence-electron chi connectivity index (χ2n) is 4.00. The number of halogens is 1. The Morgan fingerprint density at radius 3 is 2.89 bits per heavy atom. The molecule has 100 valence electrons. The quantitative estimate of drug-likeness (QED) is 0.888. The van der Waals surface area contributed by atoms with Crippen LogP contribution in [0.25, 0.3) is 0 Å². The predicted molar refractivity (Wildman–Crippen MR) is 78.2 cm³/mol. The number of ether oxygens (including phenoxy) is 1. The van der Waals surface area contributed by atoms with Gasteiger partial charge in [0.05, 0.1) is 25.6 Å². The molecule has 0 radical (unpaired) electrons. The molecule has 19 heavy (non-hydrogen) atoms. The molecule has 1 aromatic carbocycles. The molecule has 4 nitrogen and oxygen atoms in total. The van der Waals surface area contributed by atoms with E-state index in [1.165, 1.54) is 0 Å². The molecule has 0 aliphatic carbocycles. The molecule has 0 spiro atoms. The maximum absolute atomic E-state index is 9.26. The third kappa shape index (κ3) is 3.45. The third-order valence-corrected chi connectivity index (χ3v) is 3.58. The van der Waals surface area contributed by atoms with Crippen molar-refractivity contribution in [3.63, 3.8) is 0 Å². The van der Waals surface area contributed by atoms with Crippen molar-refractivity contribution in [2.75, 3.05) is 12.4 Å². The molecule has 2 rings (SSSR count). The molecule has 0 aliphatic rings. The van der Waals surface area contributed by atoms with Gasteiger partial charge in [-0.25, -0.2) is 0 Å². The van der Waals surface area contributed by atoms with E-state index in [0.717, 1.165) is 27.0 Å². The van der Waals surface area contributed by atoms with Crippen LogP contribution in [0.1, 0.15) is 11.1 Å². The van der Waals surface area contributed by atoms with Gasteiger partial charge in [-0.3, -0.25) is 4.98 Å². The average Bonchev–Trinajstić information content (AvgIpc) is 2.46. The number of anilines is 1. The number of methoxy groups -OCH3 is 1. The molecule has 0 saturated carbocycles. The highest BCUT2D eigenvalue weighted by atomic mass is 79.9. The van der Waals surface area contributed by atoms with Gasteiger partial charge < -0.3 is 15.2 Å². The number of aliphatic hydroxyl groups is 1. The monoisotopic (exact) mass is 322 g/mol. The summed E-state index contributed by atoms with van der Waals surface area (Å²) in [7, 11) is 1.64. The number of hydrogen-bond donors (Lipinski definition) is 2. The Bertz CT molecular complexity index is 561. The summed E-state index contributed by atoms with van der Waals surface area (Å²) in [6.45, 7) is 0.612. The third-order valence-electron chi connectivity index (χ3n) is 2.80. The lowest BCUT2D eigenvalue weighted by Gasteiger charge is -2.12. The van der Waals surface area contributed by atoms with E-state index in [-0.39, 0.29) is 6.61 Å². The number of aromatic nitrogens is 1. The second kappa shape index (κ2) is 6.54. The van der Waals surface area contributed by atoms with Gasteiger partial charge in [0.1, 0.15) is 5.75 Å². The molecule has 0 aliphatic heterocycles. The summed E-state index contributed by atoms with van der Waals surface area (Å²) in [5.41, 5.74) is 2.74. The number of pyridine rings is 1. The van der Waals surface area contributed by atoms with E-state index in [1.807, 2.05) is 18.2 Å². The van der Waals surface area contributed by atoms with Crippen molar-refractivity contribution >= 4 is 21.6 Å². The zero-order valence-electron chi connectivity index (χ0n) is 10.6. The molecule has 0 amide bonds. The van der Waals surface area contributed by atoms with Crippen LogP contribution < -0.4 is 10.1 Å². The maximum Gasteiger partial charge on any atom is 0.119 e. The number of nitrogens with zero attached hydrogens (tertiary/aromatic N) is 1. The van der Waals surface area contributed by atoms with Crippen molar-refractivity contribution in [1.82, 2.24) is 4.98 Å². The lowest BCUT2D eigenvalue weighted by molar-refractivity contribution is 0.282. The van der Waals surface area contributed by atoms with Crippen molar-refractivity contribution < 1.29 is 9.84 Å². The Hall–Kier alpha value is -1.59. The molecule has 5 heteroatoms. The van der Waals surface area contributed by atoms with Gasteiger partial charge in [0.25, 0.3) is 0 Å². The summed E-state index contributed by atoms with van der Waals surface area (Å²) in [6.07, 6.45) is 3.37. The fraction of sp³-hybridized carbons (Fsp3) is 0.214. The van der Waals surface area contributed by atoms with Crippen molar-refractivity contribution in [1.29, 1.82) is 0 Å². The molecule has 0 unspecified atom stereocenters. The van der Waals surface area contributed by atoms with E-state index >= 15 is 0 Å². The SMILES string of the molecule is COc1ccc(Br)c(CNc2cnccc2CO)c1. The van der Waals surface area contributed by atoms with Crippen LogP contribution in [0.4, 0.5) is 5.69 Å². The number of aliphatic hydroxyl groups excluding tert-OH is 1. The molecule has 0 fully saturated rings. The van der Waals surface area contributed by atoms with E-state index in [9.17, 15) is 5.11 Å². The van der Waals surface area contributed by atoms with Crippen LogP contribution in [0.3, 0.4) is 0 Å². The first-order chi connectivity index (χ1) is 9.24. The number of benzene rings is 1. The van der Waals surface area contributed by atoms with E-state index in [1.54, 1.807) is 25.6 Å². The highest BCUT2D eigenvalue weighted by Gasteiger charge is 2.04. The fourth-order valence-electron chi connectivity index (χ4n) is 1.72. The Morgan fingerprint density at radius 1 is 1.32 bits per heavy atom. The van der Waals surface area contributed by atoms with Crippen LogP contribution in [0.2, 0.25) is 0 Å². The minimum Gasteiger partial charge on any atom is -0.497 e. The molecule has 1 heterocycles. The summed E-state index contributed by atoms with van der Waals surface area (Å²) >= 11 is 3.51. The van der Waals surface area contributed by atoms with E-state index in [2.05, 4.69) is 26.2 Å².